The van der Waals surface area contributed by atoms with Crippen LogP contribution in [0, 0.1) is 0 Å². The molecule has 1 aliphatic rings. The Balaban J connectivity index is 2.64. The highest BCUT2D eigenvalue weighted by atomic mass is 16.5. The number of fused-ring (bicyclic) bond motifs is 1. The molecule has 1 atom stereocenters. The Morgan fingerprint density at radius 3 is 2.15 bits per heavy atom. The Morgan fingerprint density at radius 2 is 1.62 bits per heavy atom. The summed E-state index contributed by atoms with van der Waals surface area (Å²) in [6.45, 7) is 5.99. The van der Waals surface area contributed by atoms with Gasteiger partial charge in [-0.2, -0.15) is 0 Å². The molecule has 0 fully saturated rings. The van der Waals surface area contributed by atoms with Crippen LogP contribution in [-0.2, 0) is 16.1 Å². The SMILES string of the molecule is CC1(C)OC(C)(N)c2ccccc21. The van der Waals surface area contributed by atoms with Gasteiger partial charge in [0.1, 0.15) is 5.72 Å². The maximum atomic E-state index is 6.04. The molecule has 1 aromatic carbocycles. The molecule has 2 rings (SSSR count). The predicted octanol–water partition coefficient (Wildman–Crippen LogP) is 2.08. The van der Waals surface area contributed by atoms with Gasteiger partial charge in [-0.1, -0.05) is 24.3 Å². The van der Waals surface area contributed by atoms with Crippen LogP contribution in [0.4, 0.5) is 0 Å². The molecule has 0 saturated heterocycles. The molecule has 1 aromatic rings. The summed E-state index contributed by atoms with van der Waals surface area (Å²) in [6.07, 6.45) is 0. The van der Waals surface area contributed by atoms with Crippen molar-refractivity contribution in [2.75, 3.05) is 0 Å². The Hall–Kier alpha value is -0.860. The van der Waals surface area contributed by atoms with Crippen LogP contribution >= 0.6 is 0 Å². The van der Waals surface area contributed by atoms with Crippen molar-refractivity contribution >= 4 is 0 Å². The maximum Gasteiger partial charge on any atom is 0.141 e. The van der Waals surface area contributed by atoms with E-state index < -0.39 is 5.72 Å². The quantitative estimate of drug-likeness (QED) is 0.658. The first-order valence-electron chi connectivity index (χ1n) is 4.52. The molecule has 0 radical (unpaired) electrons. The van der Waals surface area contributed by atoms with E-state index in [0.29, 0.717) is 0 Å². The van der Waals surface area contributed by atoms with E-state index in [1.807, 2.05) is 39.0 Å². The molecule has 0 spiro atoms. The van der Waals surface area contributed by atoms with Gasteiger partial charge in [0, 0.05) is 5.56 Å². The summed E-state index contributed by atoms with van der Waals surface area (Å²) in [6, 6.07) is 8.12. The number of hydrogen-bond acceptors (Lipinski definition) is 2. The molecule has 2 N–H and O–H groups in total. The van der Waals surface area contributed by atoms with Crippen molar-refractivity contribution in [2.24, 2.45) is 5.73 Å². The number of rotatable bonds is 0. The smallest absolute Gasteiger partial charge is 0.141 e. The second-order valence-electron chi connectivity index (χ2n) is 4.27. The zero-order chi connectivity index (χ0) is 9.69. The van der Waals surface area contributed by atoms with E-state index in [0.717, 1.165) is 5.56 Å². The van der Waals surface area contributed by atoms with Crippen molar-refractivity contribution in [2.45, 2.75) is 32.1 Å². The summed E-state index contributed by atoms with van der Waals surface area (Å²) in [5.41, 5.74) is 7.43. The molecule has 0 aromatic heterocycles. The third kappa shape index (κ3) is 1.18. The summed E-state index contributed by atoms with van der Waals surface area (Å²) in [4.78, 5) is 0. The van der Waals surface area contributed by atoms with Crippen LogP contribution < -0.4 is 5.73 Å². The Bertz CT molecular complexity index is 309. The van der Waals surface area contributed by atoms with Crippen LogP contribution in [0.2, 0.25) is 0 Å². The fraction of sp³-hybridized carbons (Fsp3) is 0.455. The van der Waals surface area contributed by atoms with Crippen molar-refractivity contribution < 1.29 is 4.74 Å². The summed E-state index contributed by atoms with van der Waals surface area (Å²) >= 11 is 0. The van der Waals surface area contributed by atoms with Crippen molar-refractivity contribution in [1.29, 1.82) is 0 Å². The Kier molecular flexibility index (Phi) is 1.57. The molecule has 1 heterocycles. The van der Waals surface area contributed by atoms with Gasteiger partial charge in [0.15, 0.2) is 0 Å². The van der Waals surface area contributed by atoms with Crippen molar-refractivity contribution in [3.05, 3.63) is 35.4 Å². The molecule has 13 heavy (non-hydrogen) atoms. The standard InChI is InChI=1S/C11H15NO/c1-10(2)8-6-4-5-7-9(8)11(3,12)13-10/h4-7H,12H2,1-3H3. The third-order valence-electron chi connectivity index (χ3n) is 2.58. The zero-order valence-corrected chi connectivity index (χ0v) is 8.29. The molecule has 2 nitrogen and oxygen atoms in total. The molecule has 0 aliphatic carbocycles. The van der Waals surface area contributed by atoms with Crippen LogP contribution in [0.3, 0.4) is 0 Å². The first-order chi connectivity index (χ1) is 5.93. The summed E-state index contributed by atoms with van der Waals surface area (Å²) in [5.74, 6) is 0. The van der Waals surface area contributed by atoms with E-state index in [4.69, 9.17) is 10.5 Å². The van der Waals surface area contributed by atoms with Crippen molar-refractivity contribution in [3.8, 4) is 0 Å². The highest BCUT2D eigenvalue weighted by molar-refractivity contribution is 5.39. The zero-order valence-electron chi connectivity index (χ0n) is 8.29. The summed E-state index contributed by atoms with van der Waals surface area (Å²) in [7, 11) is 0. The van der Waals surface area contributed by atoms with Gasteiger partial charge in [0.25, 0.3) is 0 Å². The Morgan fingerprint density at radius 1 is 1.08 bits per heavy atom. The van der Waals surface area contributed by atoms with E-state index in [1.165, 1.54) is 5.56 Å². The second kappa shape index (κ2) is 2.34. The van der Waals surface area contributed by atoms with Crippen LogP contribution in [0.25, 0.3) is 0 Å². The molecular formula is C11H15NO. The minimum atomic E-state index is -0.639. The molecule has 1 aliphatic heterocycles. The highest BCUT2D eigenvalue weighted by Gasteiger charge is 2.42. The van der Waals surface area contributed by atoms with Gasteiger partial charge in [-0.05, 0) is 26.3 Å². The normalized spacial score (nSPS) is 30.2. The molecule has 0 bridgehead atoms. The topological polar surface area (TPSA) is 35.2 Å². The fourth-order valence-corrected chi connectivity index (χ4v) is 2.08. The lowest BCUT2D eigenvalue weighted by Crippen LogP contribution is -2.34. The van der Waals surface area contributed by atoms with E-state index in [-0.39, 0.29) is 5.60 Å². The Labute approximate surface area is 78.7 Å². The molecule has 0 amide bonds. The van der Waals surface area contributed by atoms with Crippen molar-refractivity contribution in [1.82, 2.24) is 0 Å². The van der Waals surface area contributed by atoms with Gasteiger partial charge in [-0.15, -0.1) is 0 Å². The molecular weight excluding hydrogens is 162 g/mol. The van der Waals surface area contributed by atoms with Crippen LogP contribution in [0.5, 0.6) is 0 Å². The van der Waals surface area contributed by atoms with Crippen molar-refractivity contribution in [3.63, 3.8) is 0 Å². The number of hydrogen-bond donors (Lipinski definition) is 1. The fourth-order valence-electron chi connectivity index (χ4n) is 2.08. The van der Waals surface area contributed by atoms with Gasteiger partial charge >= 0.3 is 0 Å². The van der Waals surface area contributed by atoms with Crippen LogP contribution in [0.1, 0.15) is 31.9 Å². The van der Waals surface area contributed by atoms with E-state index in [9.17, 15) is 0 Å². The van der Waals surface area contributed by atoms with Gasteiger partial charge in [0.2, 0.25) is 0 Å². The average molecular weight is 177 g/mol. The predicted molar refractivity (Wildman–Crippen MR) is 52.1 cm³/mol. The first-order valence-corrected chi connectivity index (χ1v) is 4.52. The number of ether oxygens (including phenoxy) is 1. The third-order valence-corrected chi connectivity index (χ3v) is 2.58. The molecule has 2 heteroatoms. The first kappa shape index (κ1) is 8.73. The summed E-state index contributed by atoms with van der Waals surface area (Å²) in [5, 5.41) is 0. The molecule has 1 unspecified atom stereocenters. The van der Waals surface area contributed by atoms with Crippen LogP contribution in [-0.4, -0.2) is 0 Å². The second-order valence-corrected chi connectivity index (χ2v) is 4.27. The molecule has 0 saturated carbocycles. The van der Waals surface area contributed by atoms with Gasteiger partial charge in [-0.3, -0.25) is 5.73 Å². The highest BCUT2D eigenvalue weighted by Crippen LogP contribution is 2.43. The number of nitrogens with two attached hydrogens (primary N) is 1. The molecule has 70 valence electrons. The van der Waals surface area contributed by atoms with Gasteiger partial charge < -0.3 is 4.74 Å². The summed E-state index contributed by atoms with van der Waals surface area (Å²) < 4.78 is 5.78. The minimum absolute atomic E-state index is 0.264. The van der Waals surface area contributed by atoms with Gasteiger partial charge in [-0.25, -0.2) is 0 Å². The van der Waals surface area contributed by atoms with E-state index >= 15 is 0 Å². The van der Waals surface area contributed by atoms with Gasteiger partial charge in [0.05, 0.1) is 5.60 Å². The van der Waals surface area contributed by atoms with E-state index in [1.54, 1.807) is 0 Å². The minimum Gasteiger partial charge on any atom is -0.346 e. The lowest BCUT2D eigenvalue weighted by atomic mass is 9.94. The number of benzene rings is 1. The monoisotopic (exact) mass is 177 g/mol. The largest absolute Gasteiger partial charge is 0.346 e. The maximum absolute atomic E-state index is 6.04. The lowest BCUT2D eigenvalue weighted by Gasteiger charge is -2.24. The van der Waals surface area contributed by atoms with Crippen LogP contribution in [0.15, 0.2) is 24.3 Å². The lowest BCUT2D eigenvalue weighted by molar-refractivity contribution is -0.112. The van der Waals surface area contributed by atoms with E-state index in [2.05, 4.69) is 6.07 Å². The average Bonchev–Trinajstić information content (AvgIpc) is 2.20.